The van der Waals surface area contributed by atoms with Crippen LogP contribution < -0.4 is 25.1 Å². The number of pyridine rings is 1. The molecule has 0 saturated carbocycles. The largest absolute Gasteiger partial charge is 0.491 e. The Labute approximate surface area is 201 Å². The number of ether oxygens (including phenoxy) is 2. The quantitative estimate of drug-likeness (QED) is 0.566. The molecule has 0 bridgehead atoms. The predicted octanol–water partition coefficient (Wildman–Crippen LogP) is 3.38. The maximum Gasteiger partial charge on any atom is 0.255 e. The molecule has 2 aromatic carbocycles. The summed E-state index contributed by atoms with van der Waals surface area (Å²) in [7, 11) is -1.94. The lowest BCUT2D eigenvalue weighted by Crippen LogP contribution is -2.29. The second-order valence-corrected chi connectivity index (χ2v) is 10.0. The summed E-state index contributed by atoms with van der Waals surface area (Å²) >= 11 is 6.11. The van der Waals surface area contributed by atoms with Crippen LogP contribution in [0.25, 0.3) is 11.1 Å². The topological polar surface area (TPSA) is 116 Å². The molecule has 0 saturated heterocycles. The molecule has 2 N–H and O–H groups in total. The number of halogens is 1. The standard InChI is InChI=1S/C23H22ClN3O6S/c1-3-34(30,31)26-15-5-7-19-16(11-15)18-13-27(2)22(28)12-21(18)32-9-8-25-23(29)17-10-14(24)4-6-20(17)33-19/h4-7,10-13,26H,3,8-9H2,1-2H3,(H,25,29). The fourth-order valence-corrected chi connectivity index (χ4v) is 4.19. The molecule has 0 aliphatic carbocycles. The molecule has 0 radical (unpaired) electrons. The number of nitrogens with zero attached hydrogens (tertiary/aromatic N) is 1. The van der Waals surface area contributed by atoms with Crippen molar-refractivity contribution in [3.8, 4) is 28.4 Å². The van der Waals surface area contributed by atoms with Gasteiger partial charge < -0.3 is 19.4 Å². The minimum Gasteiger partial charge on any atom is -0.491 e. The monoisotopic (exact) mass is 503 g/mol. The van der Waals surface area contributed by atoms with Crippen LogP contribution in [0.15, 0.2) is 53.5 Å². The molecule has 1 aliphatic heterocycles. The van der Waals surface area contributed by atoms with Crippen molar-refractivity contribution in [2.24, 2.45) is 7.05 Å². The van der Waals surface area contributed by atoms with Crippen LogP contribution in [0.5, 0.6) is 17.2 Å². The molecular weight excluding hydrogens is 482 g/mol. The number of amides is 1. The molecule has 4 rings (SSSR count). The number of carbonyl (C=O) groups is 1. The van der Waals surface area contributed by atoms with Gasteiger partial charge in [0.1, 0.15) is 23.9 Å². The fraction of sp³-hybridized carbons (Fsp3) is 0.217. The highest BCUT2D eigenvalue weighted by Crippen LogP contribution is 2.40. The maximum absolute atomic E-state index is 12.7. The smallest absolute Gasteiger partial charge is 0.255 e. The maximum atomic E-state index is 12.7. The summed E-state index contributed by atoms with van der Waals surface area (Å²) in [4.78, 5) is 25.0. The van der Waals surface area contributed by atoms with E-state index in [4.69, 9.17) is 21.1 Å². The molecule has 0 spiro atoms. The Kier molecular flexibility index (Phi) is 6.54. The first-order valence-corrected chi connectivity index (χ1v) is 12.4. The van der Waals surface area contributed by atoms with Gasteiger partial charge >= 0.3 is 0 Å². The van der Waals surface area contributed by atoms with E-state index in [1.807, 2.05) is 0 Å². The van der Waals surface area contributed by atoms with E-state index in [-0.39, 0.29) is 41.5 Å². The summed E-state index contributed by atoms with van der Waals surface area (Å²) in [5, 5.41) is 3.11. The van der Waals surface area contributed by atoms with Crippen LogP contribution in [-0.4, -0.2) is 37.8 Å². The predicted molar refractivity (Wildman–Crippen MR) is 130 cm³/mol. The highest BCUT2D eigenvalue weighted by atomic mass is 35.5. The average molecular weight is 504 g/mol. The Balaban J connectivity index is 1.95. The van der Waals surface area contributed by atoms with Gasteiger partial charge in [0.05, 0.1) is 17.9 Å². The molecule has 2 heterocycles. The van der Waals surface area contributed by atoms with Crippen LogP contribution in [0.1, 0.15) is 17.3 Å². The van der Waals surface area contributed by atoms with Gasteiger partial charge in [0, 0.05) is 41.1 Å². The zero-order valence-corrected chi connectivity index (χ0v) is 20.0. The Morgan fingerprint density at radius 3 is 2.53 bits per heavy atom. The van der Waals surface area contributed by atoms with E-state index in [9.17, 15) is 18.0 Å². The van der Waals surface area contributed by atoms with Crippen LogP contribution in [0.2, 0.25) is 5.02 Å². The van der Waals surface area contributed by atoms with Gasteiger partial charge in [0.2, 0.25) is 10.0 Å². The second-order valence-electron chi connectivity index (χ2n) is 7.56. The molecule has 0 atom stereocenters. The minimum absolute atomic E-state index is 0.0974. The summed E-state index contributed by atoms with van der Waals surface area (Å²) in [6, 6.07) is 10.7. The number of hydrogen-bond acceptors (Lipinski definition) is 6. The molecule has 9 nitrogen and oxygen atoms in total. The number of aryl methyl sites for hydroxylation is 1. The lowest BCUT2D eigenvalue weighted by molar-refractivity contribution is 0.0944. The molecule has 0 fully saturated rings. The number of carbonyl (C=O) groups excluding carboxylic acids is 1. The third kappa shape index (κ3) is 5.02. The van der Waals surface area contributed by atoms with Gasteiger partial charge in [-0.15, -0.1) is 0 Å². The van der Waals surface area contributed by atoms with Crippen molar-refractivity contribution < 1.29 is 22.7 Å². The summed E-state index contributed by atoms with van der Waals surface area (Å²) in [5.74, 6) is 0.352. The SMILES string of the molecule is CCS(=O)(=O)Nc1ccc2c(c1)-c1cn(C)c(=O)cc1OCCNC(=O)c1cc(Cl)ccc1O2. The van der Waals surface area contributed by atoms with Crippen LogP contribution in [-0.2, 0) is 17.1 Å². The number of hydrogen-bond donors (Lipinski definition) is 2. The van der Waals surface area contributed by atoms with Crippen LogP contribution >= 0.6 is 11.6 Å². The van der Waals surface area contributed by atoms with Crippen LogP contribution in [0.4, 0.5) is 5.69 Å². The Hall–Kier alpha value is -3.50. The molecule has 178 valence electrons. The van der Waals surface area contributed by atoms with E-state index < -0.39 is 15.9 Å². The van der Waals surface area contributed by atoms with Crippen molar-refractivity contribution in [1.29, 1.82) is 0 Å². The Morgan fingerprint density at radius 2 is 1.76 bits per heavy atom. The van der Waals surface area contributed by atoms with E-state index in [0.29, 0.717) is 27.6 Å². The first-order valence-electron chi connectivity index (χ1n) is 10.4. The normalized spacial score (nSPS) is 13.6. The van der Waals surface area contributed by atoms with E-state index in [0.717, 1.165) is 0 Å². The number of fused-ring (bicyclic) bond motifs is 4. The van der Waals surface area contributed by atoms with E-state index in [2.05, 4.69) is 10.0 Å². The molecular formula is C23H22ClN3O6S. The first kappa shape index (κ1) is 23.7. The van der Waals surface area contributed by atoms with E-state index >= 15 is 0 Å². The van der Waals surface area contributed by atoms with Crippen molar-refractivity contribution >= 4 is 33.2 Å². The molecule has 0 unspecified atom stereocenters. The van der Waals surface area contributed by atoms with Crippen molar-refractivity contribution in [3.05, 3.63) is 69.6 Å². The molecule has 1 aromatic heterocycles. The van der Waals surface area contributed by atoms with Crippen molar-refractivity contribution in [1.82, 2.24) is 9.88 Å². The van der Waals surface area contributed by atoms with Crippen molar-refractivity contribution in [3.63, 3.8) is 0 Å². The van der Waals surface area contributed by atoms with Gasteiger partial charge in [-0.3, -0.25) is 14.3 Å². The summed E-state index contributed by atoms with van der Waals surface area (Å²) in [6.45, 7) is 1.80. The zero-order valence-electron chi connectivity index (χ0n) is 18.4. The highest BCUT2D eigenvalue weighted by Gasteiger charge is 2.21. The molecule has 11 heteroatoms. The van der Waals surface area contributed by atoms with Gasteiger partial charge in [-0.2, -0.15) is 0 Å². The summed E-state index contributed by atoms with van der Waals surface area (Å²) in [6.07, 6.45) is 1.59. The van der Waals surface area contributed by atoms with E-state index in [1.165, 1.54) is 23.6 Å². The highest BCUT2D eigenvalue weighted by molar-refractivity contribution is 7.92. The molecule has 1 amide bonds. The van der Waals surface area contributed by atoms with Gasteiger partial charge in [0.15, 0.2) is 0 Å². The number of sulfonamides is 1. The Bertz CT molecular complexity index is 1440. The summed E-state index contributed by atoms with van der Waals surface area (Å²) < 4.78 is 40.2. The van der Waals surface area contributed by atoms with E-state index in [1.54, 1.807) is 43.6 Å². The van der Waals surface area contributed by atoms with Gasteiger partial charge in [-0.25, -0.2) is 8.42 Å². The molecule has 1 aliphatic rings. The average Bonchev–Trinajstić information content (AvgIpc) is 2.80. The second kappa shape index (κ2) is 9.40. The van der Waals surface area contributed by atoms with Gasteiger partial charge in [0.25, 0.3) is 11.5 Å². The van der Waals surface area contributed by atoms with Crippen LogP contribution in [0.3, 0.4) is 0 Å². The lowest BCUT2D eigenvalue weighted by Gasteiger charge is -2.20. The third-order valence-electron chi connectivity index (χ3n) is 5.16. The van der Waals surface area contributed by atoms with Gasteiger partial charge in [-0.1, -0.05) is 11.6 Å². The van der Waals surface area contributed by atoms with Crippen molar-refractivity contribution in [2.75, 3.05) is 23.6 Å². The number of aromatic nitrogens is 1. The number of rotatable bonds is 3. The number of benzene rings is 2. The van der Waals surface area contributed by atoms with Crippen LogP contribution in [0, 0.1) is 0 Å². The molecule has 34 heavy (non-hydrogen) atoms. The molecule has 3 aromatic rings. The first-order chi connectivity index (χ1) is 16.2. The van der Waals surface area contributed by atoms with Gasteiger partial charge in [-0.05, 0) is 43.3 Å². The zero-order chi connectivity index (χ0) is 24.5. The number of nitrogens with one attached hydrogen (secondary N) is 2. The lowest BCUT2D eigenvalue weighted by atomic mass is 10.0. The fourth-order valence-electron chi connectivity index (χ4n) is 3.39. The van der Waals surface area contributed by atoms with Crippen molar-refractivity contribution in [2.45, 2.75) is 6.92 Å². The number of anilines is 1. The third-order valence-corrected chi connectivity index (χ3v) is 6.71. The summed E-state index contributed by atoms with van der Waals surface area (Å²) in [5.41, 5.74) is 1.22. The Morgan fingerprint density at radius 1 is 1.03 bits per heavy atom. The minimum atomic E-state index is -3.54.